The molecule has 96 valence electrons. The van der Waals surface area contributed by atoms with Gasteiger partial charge in [0.1, 0.15) is 0 Å². The van der Waals surface area contributed by atoms with Crippen molar-refractivity contribution in [3.63, 3.8) is 0 Å². The molecule has 1 saturated heterocycles. The maximum Gasteiger partial charge on any atom is 0.0991 e. The van der Waals surface area contributed by atoms with Gasteiger partial charge in [-0.2, -0.15) is 5.26 Å². The first-order valence-electron chi connectivity index (χ1n) is 6.73. The molecule has 1 aromatic heterocycles. The number of aromatic amines is 1. The van der Waals surface area contributed by atoms with Gasteiger partial charge in [0, 0.05) is 18.4 Å². The van der Waals surface area contributed by atoms with Crippen molar-refractivity contribution in [1.82, 2.24) is 9.88 Å². The first-order chi connectivity index (χ1) is 9.36. The maximum absolute atomic E-state index is 8.96. The van der Waals surface area contributed by atoms with Gasteiger partial charge in [-0.1, -0.05) is 12.1 Å². The van der Waals surface area contributed by atoms with E-state index in [2.05, 4.69) is 34.2 Å². The molecule has 0 saturated carbocycles. The van der Waals surface area contributed by atoms with E-state index in [4.69, 9.17) is 5.26 Å². The number of nitriles is 1. The van der Waals surface area contributed by atoms with Gasteiger partial charge in [-0.25, -0.2) is 0 Å². The second-order valence-electron chi connectivity index (χ2n) is 5.07. The van der Waals surface area contributed by atoms with Gasteiger partial charge >= 0.3 is 0 Å². The Labute approximate surface area is 113 Å². The van der Waals surface area contributed by atoms with E-state index in [9.17, 15) is 0 Å². The van der Waals surface area contributed by atoms with Crippen LogP contribution in [0.15, 0.2) is 42.6 Å². The van der Waals surface area contributed by atoms with Crippen molar-refractivity contribution in [3.05, 3.63) is 59.4 Å². The molecule has 3 nitrogen and oxygen atoms in total. The van der Waals surface area contributed by atoms with Crippen molar-refractivity contribution in [3.8, 4) is 6.07 Å². The Morgan fingerprint density at radius 2 is 2.26 bits per heavy atom. The van der Waals surface area contributed by atoms with Crippen molar-refractivity contribution in [2.75, 3.05) is 6.54 Å². The predicted molar refractivity (Wildman–Crippen MR) is 74.3 cm³/mol. The van der Waals surface area contributed by atoms with E-state index in [-0.39, 0.29) is 0 Å². The van der Waals surface area contributed by atoms with Gasteiger partial charge in [-0.15, -0.1) is 0 Å². The lowest BCUT2D eigenvalue weighted by Gasteiger charge is -2.23. The zero-order chi connectivity index (χ0) is 13.1. The van der Waals surface area contributed by atoms with Gasteiger partial charge < -0.3 is 4.98 Å². The molecule has 0 amide bonds. The summed E-state index contributed by atoms with van der Waals surface area (Å²) < 4.78 is 0. The third-order valence-electron chi connectivity index (χ3n) is 3.79. The quantitative estimate of drug-likeness (QED) is 0.910. The van der Waals surface area contributed by atoms with Crippen molar-refractivity contribution >= 4 is 0 Å². The minimum Gasteiger partial charge on any atom is -0.364 e. The van der Waals surface area contributed by atoms with Crippen molar-refractivity contribution < 1.29 is 0 Å². The van der Waals surface area contributed by atoms with Crippen LogP contribution in [0.25, 0.3) is 0 Å². The standard InChI is InChI=1S/C16H17N3/c17-11-13-4-1-5-14(10-13)12-19-9-3-7-16(19)15-6-2-8-18-15/h1-2,4-6,8,10,16,18H,3,7,9,12H2. The monoisotopic (exact) mass is 251 g/mol. The molecule has 1 unspecified atom stereocenters. The highest BCUT2D eigenvalue weighted by Crippen LogP contribution is 2.32. The summed E-state index contributed by atoms with van der Waals surface area (Å²) in [7, 11) is 0. The second-order valence-corrected chi connectivity index (χ2v) is 5.07. The Kier molecular flexibility index (Phi) is 3.35. The summed E-state index contributed by atoms with van der Waals surface area (Å²) in [5.74, 6) is 0. The fourth-order valence-electron chi connectivity index (χ4n) is 2.89. The van der Waals surface area contributed by atoms with Gasteiger partial charge in [0.2, 0.25) is 0 Å². The number of hydrogen-bond acceptors (Lipinski definition) is 2. The molecule has 0 aliphatic carbocycles. The average Bonchev–Trinajstić information content (AvgIpc) is 3.09. The lowest BCUT2D eigenvalue weighted by molar-refractivity contribution is 0.245. The number of aromatic nitrogens is 1. The highest BCUT2D eigenvalue weighted by Gasteiger charge is 2.26. The molecule has 1 aromatic carbocycles. The second kappa shape index (κ2) is 5.29. The average molecular weight is 251 g/mol. The highest BCUT2D eigenvalue weighted by molar-refractivity contribution is 5.32. The van der Waals surface area contributed by atoms with E-state index in [1.807, 2.05) is 24.4 Å². The first kappa shape index (κ1) is 12.0. The Morgan fingerprint density at radius 1 is 1.32 bits per heavy atom. The molecule has 2 heterocycles. The molecule has 1 aliphatic rings. The largest absolute Gasteiger partial charge is 0.364 e. The smallest absolute Gasteiger partial charge is 0.0991 e. The summed E-state index contributed by atoms with van der Waals surface area (Å²) >= 11 is 0. The van der Waals surface area contributed by atoms with E-state index >= 15 is 0 Å². The number of H-pyrrole nitrogens is 1. The van der Waals surface area contributed by atoms with E-state index in [1.165, 1.54) is 24.1 Å². The molecule has 1 fully saturated rings. The summed E-state index contributed by atoms with van der Waals surface area (Å²) in [5, 5.41) is 8.96. The van der Waals surface area contributed by atoms with Crippen LogP contribution in [-0.2, 0) is 6.54 Å². The lowest BCUT2D eigenvalue weighted by atomic mass is 10.1. The molecular weight excluding hydrogens is 234 g/mol. The van der Waals surface area contributed by atoms with E-state index in [1.54, 1.807) is 0 Å². The molecule has 0 spiro atoms. The molecule has 3 rings (SSSR count). The van der Waals surface area contributed by atoms with E-state index in [0.29, 0.717) is 6.04 Å². The number of rotatable bonds is 3. The first-order valence-corrected chi connectivity index (χ1v) is 6.73. The van der Waals surface area contributed by atoms with Crippen molar-refractivity contribution in [2.45, 2.75) is 25.4 Å². The number of nitrogens with zero attached hydrogens (tertiary/aromatic N) is 2. The molecule has 19 heavy (non-hydrogen) atoms. The number of likely N-dealkylation sites (tertiary alicyclic amines) is 1. The molecule has 2 aromatic rings. The normalized spacial score (nSPS) is 19.4. The van der Waals surface area contributed by atoms with Crippen LogP contribution in [0, 0.1) is 11.3 Å². The van der Waals surface area contributed by atoms with Crippen LogP contribution in [0.5, 0.6) is 0 Å². The number of benzene rings is 1. The minimum atomic E-state index is 0.487. The molecule has 0 radical (unpaired) electrons. The van der Waals surface area contributed by atoms with E-state index < -0.39 is 0 Å². The molecule has 0 bridgehead atoms. The molecule has 1 aliphatic heterocycles. The zero-order valence-corrected chi connectivity index (χ0v) is 10.8. The summed E-state index contributed by atoms with van der Waals surface area (Å²) in [6.07, 6.45) is 4.43. The SMILES string of the molecule is N#Cc1cccc(CN2CCCC2c2ccc[nH]2)c1. The Bertz CT molecular complexity index is 580. The molecular formula is C16H17N3. The van der Waals surface area contributed by atoms with Crippen LogP contribution in [0.3, 0.4) is 0 Å². The van der Waals surface area contributed by atoms with Crippen molar-refractivity contribution in [2.24, 2.45) is 0 Å². The summed E-state index contributed by atoms with van der Waals surface area (Å²) in [4.78, 5) is 5.81. The summed E-state index contributed by atoms with van der Waals surface area (Å²) in [5.41, 5.74) is 3.26. The van der Waals surface area contributed by atoms with Gasteiger partial charge in [-0.05, 0) is 49.2 Å². The number of nitrogens with one attached hydrogen (secondary N) is 1. The van der Waals surface area contributed by atoms with Crippen LogP contribution in [0.1, 0.15) is 35.7 Å². The predicted octanol–water partition coefficient (Wildman–Crippen LogP) is 3.22. The maximum atomic E-state index is 8.96. The zero-order valence-electron chi connectivity index (χ0n) is 10.8. The van der Waals surface area contributed by atoms with Crippen LogP contribution < -0.4 is 0 Å². The van der Waals surface area contributed by atoms with Gasteiger partial charge in [-0.3, -0.25) is 4.90 Å². The third kappa shape index (κ3) is 2.54. The van der Waals surface area contributed by atoms with Crippen LogP contribution in [0.2, 0.25) is 0 Å². The van der Waals surface area contributed by atoms with Gasteiger partial charge in [0.05, 0.1) is 17.7 Å². The lowest BCUT2D eigenvalue weighted by Crippen LogP contribution is -2.23. The third-order valence-corrected chi connectivity index (χ3v) is 3.79. The molecule has 3 heteroatoms. The van der Waals surface area contributed by atoms with Crippen LogP contribution in [-0.4, -0.2) is 16.4 Å². The summed E-state index contributed by atoms with van der Waals surface area (Å²) in [6.45, 7) is 2.04. The highest BCUT2D eigenvalue weighted by atomic mass is 15.2. The van der Waals surface area contributed by atoms with Gasteiger partial charge in [0.25, 0.3) is 0 Å². The van der Waals surface area contributed by atoms with Gasteiger partial charge in [0.15, 0.2) is 0 Å². The minimum absolute atomic E-state index is 0.487. The Hall–Kier alpha value is -2.05. The molecule has 1 N–H and O–H groups in total. The Balaban J connectivity index is 1.77. The van der Waals surface area contributed by atoms with Crippen LogP contribution >= 0.6 is 0 Å². The van der Waals surface area contributed by atoms with E-state index in [0.717, 1.165) is 18.7 Å². The Morgan fingerprint density at radius 3 is 3.05 bits per heavy atom. The van der Waals surface area contributed by atoms with Crippen molar-refractivity contribution in [1.29, 1.82) is 5.26 Å². The fourth-order valence-corrected chi connectivity index (χ4v) is 2.89. The summed E-state index contributed by atoms with van der Waals surface area (Å²) in [6, 6.07) is 14.8. The van der Waals surface area contributed by atoms with Crippen LogP contribution in [0.4, 0.5) is 0 Å². The number of hydrogen-bond donors (Lipinski definition) is 1. The molecule has 1 atom stereocenters. The topological polar surface area (TPSA) is 42.8 Å². The fraction of sp³-hybridized carbons (Fsp3) is 0.312.